The lowest BCUT2D eigenvalue weighted by Gasteiger charge is -2.11. The predicted octanol–water partition coefficient (Wildman–Crippen LogP) is 0.562. The lowest BCUT2D eigenvalue weighted by atomic mass is 10.2. The van der Waals surface area contributed by atoms with E-state index in [1.807, 2.05) is 24.0 Å². The average Bonchev–Trinajstić information content (AvgIpc) is 2.92. The van der Waals surface area contributed by atoms with Crippen LogP contribution in [0.25, 0.3) is 0 Å². The SMILES string of the molecule is COCCCn1ccc(N[C@H]2CCN(C)C2=O)n1. The van der Waals surface area contributed by atoms with Gasteiger partial charge >= 0.3 is 0 Å². The number of nitrogens with zero attached hydrogens (tertiary/aromatic N) is 3. The van der Waals surface area contributed by atoms with Gasteiger partial charge < -0.3 is 15.0 Å². The van der Waals surface area contributed by atoms with E-state index in [1.54, 1.807) is 12.0 Å². The van der Waals surface area contributed by atoms with Crippen molar-refractivity contribution in [2.24, 2.45) is 0 Å². The number of likely N-dealkylation sites (tertiary alicyclic amines) is 1. The Bertz CT molecular complexity index is 405. The highest BCUT2D eigenvalue weighted by Gasteiger charge is 2.29. The average molecular weight is 252 g/mol. The number of carbonyl (C=O) groups excluding carboxylic acids is 1. The monoisotopic (exact) mass is 252 g/mol. The van der Waals surface area contributed by atoms with Gasteiger partial charge in [-0.2, -0.15) is 5.10 Å². The zero-order valence-corrected chi connectivity index (χ0v) is 10.9. The summed E-state index contributed by atoms with van der Waals surface area (Å²) in [6.07, 6.45) is 3.69. The van der Waals surface area contributed by atoms with Crippen LogP contribution in [0, 0.1) is 0 Å². The number of carbonyl (C=O) groups is 1. The van der Waals surface area contributed by atoms with E-state index in [2.05, 4.69) is 10.4 Å². The molecule has 0 saturated carbocycles. The molecule has 0 aliphatic carbocycles. The van der Waals surface area contributed by atoms with E-state index in [4.69, 9.17) is 4.74 Å². The van der Waals surface area contributed by atoms with Crippen LogP contribution in [0.4, 0.5) is 5.82 Å². The highest BCUT2D eigenvalue weighted by Crippen LogP contribution is 2.14. The van der Waals surface area contributed by atoms with Crippen LogP contribution in [0.15, 0.2) is 12.3 Å². The summed E-state index contributed by atoms with van der Waals surface area (Å²) in [7, 11) is 3.52. The van der Waals surface area contributed by atoms with Crippen molar-refractivity contribution in [1.29, 1.82) is 0 Å². The smallest absolute Gasteiger partial charge is 0.244 e. The zero-order valence-electron chi connectivity index (χ0n) is 10.9. The fourth-order valence-corrected chi connectivity index (χ4v) is 2.07. The van der Waals surface area contributed by atoms with Gasteiger partial charge in [-0.1, -0.05) is 0 Å². The standard InChI is InChI=1S/C12H20N4O2/c1-15-7-4-10(12(15)17)13-11-5-8-16(14-11)6-3-9-18-2/h5,8,10H,3-4,6-7,9H2,1-2H3,(H,13,14)/t10-/m0/s1. The molecule has 0 unspecified atom stereocenters. The number of anilines is 1. The number of rotatable bonds is 6. The second kappa shape index (κ2) is 5.86. The minimum Gasteiger partial charge on any atom is -0.385 e. The van der Waals surface area contributed by atoms with E-state index in [0.29, 0.717) is 0 Å². The number of likely N-dealkylation sites (N-methyl/N-ethyl adjacent to an activating group) is 1. The number of nitrogens with one attached hydrogen (secondary N) is 1. The van der Waals surface area contributed by atoms with Gasteiger partial charge in [-0.15, -0.1) is 0 Å². The molecule has 1 aromatic rings. The highest BCUT2D eigenvalue weighted by molar-refractivity contribution is 5.86. The van der Waals surface area contributed by atoms with E-state index < -0.39 is 0 Å². The summed E-state index contributed by atoms with van der Waals surface area (Å²) >= 11 is 0. The molecule has 1 amide bonds. The molecule has 1 N–H and O–H groups in total. The lowest BCUT2D eigenvalue weighted by Crippen LogP contribution is -2.31. The lowest BCUT2D eigenvalue weighted by molar-refractivity contribution is -0.127. The van der Waals surface area contributed by atoms with Crippen LogP contribution in [-0.4, -0.2) is 53.9 Å². The summed E-state index contributed by atoms with van der Waals surface area (Å²) in [5.74, 6) is 0.907. The number of amides is 1. The number of aryl methyl sites for hydroxylation is 1. The molecule has 6 heteroatoms. The van der Waals surface area contributed by atoms with Crippen LogP contribution in [0.1, 0.15) is 12.8 Å². The van der Waals surface area contributed by atoms with E-state index >= 15 is 0 Å². The Balaban J connectivity index is 1.85. The molecule has 2 heterocycles. The summed E-state index contributed by atoms with van der Waals surface area (Å²) < 4.78 is 6.86. The fourth-order valence-electron chi connectivity index (χ4n) is 2.07. The Kier molecular flexibility index (Phi) is 4.19. The normalized spacial score (nSPS) is 19.6. The van der Waals surface area contributed by atoms with Crippen LogP contribution in [0.5, 0.6) is 0 Å². The summed E-state index contributed by atoms with van der Waals surface area (Å²) in [5.41, 5.74) is 0. The number of aromatic nitrogens is 2. The van der Waals surface area contributed by atoms with Gasteiger partial charge in [-0.25, -0.2) is 0 Å². The largest absolute Gasteiger partial charge is 0.385 e. The third kappa shape index (κ3) is 3.01. The van der Waals surface area contributed by atoms with Crippen molar-refractivity contribution in [2.75, 3.05) is 32.6 Å². The zero-order chi connectivity index (χ0) is 13.0. The topological polar surface area (TPSA) is 59.4 Å². The summed E-state index contributed by atoms with van der Waals surface area (Å²) in [6, 6.07) is 1.77. The Morgan fingerprint density at radius 2 is 2.44 bits per heavy atom. The molecular weight excluding hydrogens is 232 g/mol. The van der Waals surface area contributed by atoms with Crippen LogP contribution in [0.2, 0.25) is 0 Å². The van der Waals surface area contributed by atoms with Gasteiger partial charge in [0.25, 0.3) is 0 Å². The minimum atomic E-state index is -0.127. The fraction of sp³-hybridized carbons (Fsp3) is 0.667. The molecule has 1 aliphatic heterocycles. The third-order valence-corrected chi connectivity index (χ3v) is 3.13. The molecule has 1 atom stereocenters. The first-order valence-electron chi connectivity index (χ1n) is 6.24. The van der Waals surface area contributed by atoms with Gasteiger partial charge in [-0.3, -0.25) is 9.48 Å². The Morgan fingerprint density at radius 1 is 1.61 bits per heavy atom. The van der Waals surface area contributed by atoms with Gasteiger partial charge in [0.2, 0.25) is 5.91 Å². The first kappa shape index (κ1) is 12.9. The van der Waals surface area contributed by atoms with Crippen LogP contribution >= 0.6 is 0 Å². The quantitative estimate of drug-likeness (QED) is 0.752. The Morgan fingerprint density at radius 3 is 3.11 bits per heavy atom. The van der Waals surface area contributed by atoms with Gasteiger partial charge in [-0.05, 0) is 12.8 Å². The van der Waals surface area contributed by atoms with Crippen molar-refractivity contribution in [3.63, 3.8) is 0 Å². The molecule has 1 saturated heterocycles. The molecule has 1 aromatic heterocycles. The van der Waals surface area contributed by atoms with Crippen molar-refractivity contribution < 1.29 is 9.53 Å². The van der Waals surface area contributed by atoms with Crippen molar-refractivity contribution in [2.45, 2.75) is 25.4 Å². The molecule has 1 fully saturated rings. The van der Waals surface area contributed by atoms with Gasteiger partial charge in [0.1, 0.15) is 11.9 Å². The minimum absolute atomic E-state index is 0.127. The van der Waals surface area contributed by atoms with Gasteiger partial charge in [0, 0.05) is 46.1 Å². The summed E-state index contributed by atoms with van der Waals surface area (Å²) in [4.78, 5) is 13.5. The Hall–Kier alpha value is -1.56. The summed E-state index contributed by atoms with van der Waals surface area (Å²) in [6.45, 7) is 2.37. The predicted molar refractivity (Wildman–Crippen MR) is 68.4 cm³/mol. The number of methoxy groups -OCH3 is 1. The molecule has 0 radical (unpaired) electrons. The van der Waals surface area contributed by atoms with E-state index in [1.165, 1.54) is 0 Å². The molecule has 2 rings (SSSR count). The van der Waals surface area contributed by atoms with Gasteiger partial charge in [0.05, 0.1) is 0 Å². The maximum absolute atomic E-state index is 11.7. The second-order valence-electron chi connectivity index (χ2n) is 4.56. The van der Waals surface area contributed by atoms with Crippen molar-refractivity contribution in [3.8, 4) is 0 Å². The first-order chi connectivity index (χ1) is 8.70. The molecule has 0 aromatic carbocycles. The number of hydrogen-bond donors (Lipinski definition) is 1. The molecule has 0 bridgehead atoms. The maximum Gasteiger partial charge on any atom is 0.244 e. The molecule has 18 heavy (non-hydrogen) atoms. The van der Waals surface area contributed by atoms with Crippen LogP contribution < -0.4 is 5.32 Å². The Labute approximate surface area is 107 Å². The highest BCUT2D eigenvalue weighted by atomic mass is 16.5. The van der Waals surface area contributed by atoms with E-state index in [9.17, 15) is 4.79 Å². The molecule has 100 valence electrons. The second-order valence-corrected chi connectivity index (χ2v) is 4.56. The molecular formula is C12H20N4O2. The van der Waals surface area contributed by atoms with Crippen molar-refractivity contribution in [1.82, 2.24) is 14.7 Å². The van der Waals surface area contributed by atoms with E-state index in [0.717, 1.165) is 38.4 Å². The maximum atomic E-state index is 11.7. The summed E-state index contributed by atoms with van der Waals surface area (Å²) in [5, 5.41) is 7.56. The van der Waals surface area contributed by atoms with Crippen LogP contribution in [0.3, 0.4) is 0 Å². The van der Waals surface area contributed by atoms with Crippen molar-refractivity contribution in [3.05, 3.63) is 12.3 Å². The van der Waals surface area contributed by atoms with E-state index in [-0.39, 0.29) is 11.9 Å². The molecule has 1 aliphatic rings. The number of ether oxygens (including phenoxy) is 1. The number of hydrogen-bond acceptors (Lipinski definition) is 4. The molecule has 0 spiro atoms. The van der Waals surface area contributed by atoms with Gasteiger partial charge in [0.15, 0.2) is 0 Å². The first-order valence-corrected chi connectivity index (χ1v) is 6.24. The molecule has 6 nitrogen and oxygen atoms in total. The van der Waals surface area contributed by atoms with Crippen molar-refractivity contribution >= 4 is 11.7 Å². The third-order valence-electron chi connectivity index (χ3n) is 3.13. The van der Waals surface area contributed by atoms with Crippen LogP contribution in [-0.2, 0) is 16.1 Å².